The zero-order valence-corrected chi connectivity index (χ0v) is 9.11. The molecule has 0 aromatic heterocycles. The minimum absolute atomic E-state index is 0.0673. The third kappa shape index (κ3) is 6.81. The van der Waals surface area contributed by atoms with Gasteiger partial charge >= 0.3 is 0 Å². The highest BCUT2D eigenvalue weighted by atomic mass is 16.5. The third-order valence-corrected chi connectivity index (χ3v) is 2.20. The maximum absolute atomic E-state index is 8.44. The van der Waals surface area contributed by atoms with E-state index in [1.165, 1.54) is 0 Å². The molecule has 1 aliphatic heterocycles. The van der Waals surface area contributed by atoms with Gasteiger partial charge in [-0.25, -0.2) is 0 Å². The van der Waals surface area contributed by atoms with Crippen LogP contribution in [0.5, 0.6) is 0 Å². The lowest BCUT2D eigenvalue weighted by atomic mass is 10.3. The Hall–Kier alpha value is -0.200. The van der Waals surface area contributed by atoms with Crippen molar-refractivity contribution >= 4 is 0 Å². The molecule has 0 spiro atoms. The van der Waals surface area contributed by atoms with Crippen LogP contribution in [0.1, 0.15) is 6.42 Å². The van der Waals surface area contributed by atoms with Gasteiger partial charge in [0.2, 0.25) is 0 Å². The molecule has 1 aliphatic rings. The van der Waals surface area contributed by atoms with E-state index in [0.29, 0.717) is 39.1 Å². The summed E-state index contributed by atoms with van der Waals surface area (Å²) in [6, 6.07) is 0. The van der Waals surface area contributed by atoms with Crippen LogP contribution in [-0.4, -0.2) is 63.9 Å². The van der Waals surface area contributed by atoms with Crippen molar-refractivity contribution in [2.24, 2.45) is 0 Å². The maximum Gasteiger partial charge on any atom is 0.0712 e. The zero-order chi connectivity index (χ0) is 10.8. The van der Waals surface area contributed by atoms with Gasteiger partial charge in [-0.1, -0.05) is 0 Å². The molecule has 1 atom stereocenters. The molecule has 0 unspecified atom stereocenters. The predicted molar refractivity (Wildman–Crippen MR) is 56.0 cm³/mol. The Morgan fingerprint density at radius 2 is 1.80 bits per heavy atom. The van der Waals surface area contributed by atoms with E-state index in [1.54, 1.807) is 0 Å². The van der Waals surface area contributed by atoms with Crippen molar-refractivity contribution in [2.45, 2.75) is 12.5 Å². The van der Waals surface area contributed by atoms with E-state index in [0.717, 1.165) is 19.5 Å². The van der Waals surface area contributed by atoms with Gasteiger partial charge in [0.1, 0.15) is 0 Å². The van der Waals surface area contributed by atoms with Crippen molar-refractivity contribution in [3.8, 4) is 0 Å². The number of aliphatic hydroxyl groups is 1. The molecule has 0 radical (unpaired) electrons. The first kappa shape index (κ1) is 12.9. The summed E-state index contributed by atoms with van der Waals surface area (Å²) in [5, 5.41) is 11.7. The van der Waals surface area contributed by atoms with Crippen LogP contribution < -0.4 is 5.32 Å². The summed E-state index contributed by atoms with van der Waals surface area (Å²) in [5.41, 5.74) is 0. The van der Waals surface area contributed by atoms with Gasteiger partial charge in [-0.05, 0) is 13.0 Å². The zero-order valence-electron chi connectivity index (χ0n) is 9.11. The highest BCUT2D eigenvalue weighted by Crippen LogP contribution is 2.01. The van der Waals surface area contributed by atoms with Crippen molar-refractivity contribution in [2.75, 3.05) is 52.7 Å². The highest BCUT2D eigenvalue weighted by molar-refractivity contribution is 4.70. The largest absolute Gasteiger partial charge is 0.394 e. The molecular formula is C10H21NO4. The summed E-state index contributed by atoms with van der Waals surface area (Å²) in [5.74, 6) is 0. The van der Waals surface area contributed by atoms with Crippen molar-refractivity contribution in [1.29, 1.82) is 0 Å². The summed E-state index contributed by atoms with van der Waals surface area (Å²) in [6.45, 7) is 4.81. The minimum Gasteiger partial charge on any atom is -0.394 e. The van der Waals surface area contributed by atoms with E-state index >= 15 is 0 Å². The molecule has 1 heterocycles. The average molecular weight is 219 g/mol. The molecule has 0 amide bonds. The quantitative estimate of drug-likeness (QED) is 0.507. The van der Waals surface area contributed by atoms with Crippen molar-refractivity contribution in [3.05, 3.63) is 0 Å². The second-order valence-corrected chi connectivity index (χ2v) is 3.43. The molecule has 1 saturated heterocycles. The van der Waals surface area contributed by atoms with E-state index in [4.69, 9.17) is 19.3 Å². The second-order valence-electron chi connectivity index (χ2n) is 3.43. The number of aliphatic hydroxyl groups excluding tert-OH is 1. The molecule has 0 aliphatic carbocycles. The van der Waals surface area contributed by atoms with Gasteiger partial charge in [0, 0.05) is 6.54 Å². The second kappa shape index (κ2) is 9.06. The van der Waals surface area contributed by atoms with Gasteiger partial charge in [-0.3, -0.25) is 0 Å². The predicted octanol–water partition coefficient (Wildman–Crippen LogP) is -0.610. The molecule has 90 valence electrons. The van der Waals surface area contributed by atoms with Crippen LogP contribution in [0.15, 0.2) is 0 Å². The fourth-order valence-corrected chi connectivity index (χ4v) is 1.43. The van der Waals surface area contributed by atoms with Crippen LogP contribution in [0.2, 0.25) is 0 Å². The number of hydrogen-bond donors (Lipinski definition) is 2. The Kier molecular flexibility index (Phi) is 7.77. The molecule has 0 aromatic rings. The molecule has 15 heavy (non-hydrogen) atoms. The first-order chi connectivity index (χ1) is 7.43. The normalized spacial score (nSPS) is 21.0. The van der Waals surface area contributed by atoms with E-state index in [-0.39, 0.29) is 6.61 Å². The first-order valence-electron chi connectivity index (χ1n) is 5.52. The Morgan fingerprint density at radius 3 is 2.47 bits per heavy atom. The fraction of sp³-hybridized carbons (Fsp3) is 1.00. The molecule has 1 fully saturated rings. The van der Waals surface area contributed by atoms with Gasteiger partial charge < -0.3 is 24.6 Å². The molecular weight excluding hydrogens is 198 g/mol. The standard InChI is InChI=1S/C10H21NO4/c12-3-4-13-5-6-14-7-8-15-10-1-2-11-9-10/h10-12H,1-9H2/t10-/m0/s1. The van der Waals surface area contributed by atoms with Crippen LogP contribution in [0.3, 0.4) is 0 Å². The Balaban J connectivity index is 1.73. The first-order valence-corrected chi connectivity index (χ1v) is 5.52. The molecule has 0 saturated carbocycles. The van der Waals surface area contributed by atoms with Gasteiger partial charge in [-0.15, -0.1) is 0 Å². The number of nitrogens with one attached hydrogen (secondary N) is 1. The SMILES string of the molecule is OCCOCCOCCO[C@H]1CCNC1. The molecule has 5 nitrogen and oxygen atoms in total. The molecule has 0 aromatic carbocycles. The van der Waals surface area contributed by atoms with Crippen molar-refractivity contribution in [1.82, 2.24) is 5.32 Å². The summed E-state index contributed by atoms with van der Waals surface area (Å²) in [4.78, 5) is 0. The Labute approximate surface area is 90.7 Å². The minimum atomic E-state index is 0.0673. The third-order valence-electron chi connectivity index (χ3n) is 2.20. The lowest BCUT2D eigenvalue weighted by Crippen LogP contribution is -2.19. The van der Waals surface area contributed by atoms with Crippen molar-refractivity contribution < 1.29 is 19.3 Å². The molecule has 1 rings (SSSR count). The highest BCUT2D eigenvalue weighted by Gasteiger charge is 2.13. The van der Waals surface area contributed by atoms with Crippen LogP contribution >= 0.6 is 0 Å². The Bertz CT molecular complexity index is 139. The van der Waals surface area contributed by atoms with E-state index < -0.39 is 0 Å². The van der Waals surface area contributed by atoms with Crippen LogP contribution in [0.4, 0.5) is 0 Å². The van der Waals surface area contributed by atoms with E-state index in [1.807, 2.05) is 0 Å². The van der Waals surface area contributed by atoms with Gasteiger partial charge in [0.25, 0.3) is 0 Å². The summed E-state index contributed by atoms with van der Waals surface area (Å²) < 4.78 is 15.9. The van der Waals surface area contributed by atoms with Crippen LogP contribution in [0.25, 0.3) is 0 Å². The summed E-state index contributed by atoms with van der Waals surface area (Å²) in [7, 11) is 0. The number of ether oxygens (including phenoxy) is 3. The smallest absolute Gasteiger partial charge is 0.0712 e. The van der Waals surface area contributed by atoms with E-state index in [9.17, 15) is 0 Å². The summed E-state index contributed by atoms with van der Waals surface area (Å²) in [6.07, 6.45) is 1.46. The van der Waals surface area contributed by atoms with Gasteiger partial charge in [0.15, 0.2) is 0 Å². The van der Waals surface area contributed by atoms with E-state index in [2.05, 4.69) is 5.32 Å². The lowest BCUT2D eigenvalue weighted by molar-refractivity contribution is -0.00930. The van der Waals surface area contributed by atoms with Crippen LogP contribution in [0, 0.1) is 0 Å². The maximum atomic E-state index is 8.44. The molecule has 5 heteroatoms. The average Bonchev–Trinajstić information content (AvgIpc) is 2.75. The Morgan fingerprint density at radius 1 is 1.07 bits per heavy atom. The molecule has 2 N–H and O–H groups in total. The summed E-state index contributed by atoms with van der Waals surface area (Å²) >= 11 is 0. The monoisotopic (exact) mass is 219 g/mol. The topological polar surface area (TPSA) is 60.0 Å². The number of hydrogen-bond acceptors (Lipinski definition) is 5. The number of rotatable bonds is 9. The lowest BCUT2D eigenvalue weighted by Gasteiger charge is -2.10. The fourth-order valence-electron chi connectivity index (χ4n) is 1.43. The van der Waals surface area contributed by atoms with Gasteiger partial charge in [-0.2, -0.15) is 0 Å². The van der Waals surface area contributed by atoms with Crippen LogP contribution in [-0.2, 0) is 14.2 Å². The molecule has 0 bridgehead atoms. The van der Waals surface area contributed by atoms with Crippen molar-refractivity contribution in [3.63, 3.8) is 0 Å². The van der Waals surface area contributed by atoms with Gasteiger partial charge in [0.05, 0.1) is 45.7 Å².